The lowest BCUT2D eigenvalue weighted by Crippen LogP contribution is -2.11. The van der Waals surface area contributed by atoms with Crippen molar-refractivity contribution in [3.63, 3.8) is 0 Å². The second-order valence-corrected chi connectivity index (χ2v) is 4.21. The van der Waals surface area contributed by atoms with Crippen molar-refractivity contribution in [1.29, 1.82) is 0 Å². The Hall–Kier alpha value is -1.75. The molecule has 0 radical (unpaired) electrons. The van der Waals surface area contributed by atoms with Crippen LogP contribution in [0.5, 0.6) is 0 Å². The van der Waals surface area contributed by atoms with Gasteiger partial charge < -0.3 is 5.32 Å². The molecular formula is C12H13FN4. The first kappa shape index (κ1) is 10.4. The minimum atomic E-state index is -0.322. The van der Waals surface area contributed by atoms with Gasteiger partial charge in [-0.3, -0.25) is 9.55 Å². The van der Waals surface area contributed by atoms with Gasteiger partial charge in [0.1, 0.15) is 0 Å². The predicted molar refractivity (Wildman–Crippen MR) is 61.5 cm³/mol. The van der Waals surface area contributed by atoms with E-state index in [0.29, 0.717) is 11.6 Å². The van der Waals surface area contributed by atoms with Gasteiger partial charge in [-0.25, -0.2) is 9.37 Å². The predicted octanol–water partition coefficient (Wildman–Crippen LogP) is 1.48. The van der Waals surface area contributed by atoms with E-state index in [-0.39, 0.29) is 5.82 Å². The number of hydrogen-bond acceptors (Lipinski definition) is 3. The minimum absolute atomic E-state index is 0.322. The molecule has 1 aliphatic rings. The molecule has 88 valence electrons. The lowest BCUT2D eigenvalue weighted by molar-refractivity contribution is 0.604. The normalized spacial score (nSPS) is 19.7. The highest BCUT2D eigenvalue weighted by Crippen LogP contribution is 2.25. The summed E-state index contributed by atoms with van der Waals surface area (Å²) in [6, 6.07) is 1.67. The number of nitrogens with one attached hydrogen (secondary N) is 1. The molecule has 4 nitrogen and oxygen atoms in total. The quantitative estimate of drug-likeness (QED) is 0.853. The number of imidazole rings is 1. The van der Waals surface area contributed by atoms with Crippen LogP contribution in [0.2, 0.25) is 0 Å². The summed E-state index contributed by atoms with van der Waals surface area (Å²) < 4.78 is 15.5. The first-order chi connectivity index (χ1) is 8.36. The Kier molecular flexibility index (Phi) is 2.60. The topological polar surface area (TPSA) is 42.7 Å². The van der Waals surface area contributed by atoms with Crippen molar-refractivity contribution in [2.24, 2.45) is 0 Å². The van der Waals surface area contributed by atoms with Crippen molar-refractivity contribution in [2.75, 3.05) is 13.1 Å². The molecule has 0 aromatic carbocycles. The van der Waals surface area contributed by atoms with E-state index in [1.807, 2.05) is 10.8 Å². The van der Waals surface area contributed by atoms with Gasteiger partial charge in [0, 0.05) is 30.6 Å². The van der Waals surface area contributed by atoms with Crippen molar-refractivity contribution in [3.05, 3.63) is 42.5 Å². The van der Waals surface area contributed by atoms with E-state index in [1.54, 1.807) is 18.6 Å². The van der Waals surface area contributed by atoms with Gasteiger partial charge in [0.05, 0.1) is 18.2 Å². The first-order valence-electron chi connectivity index (χ1n) is 5.69. The summed E-state index contributed by atoms with van der Waals surface area (Å²) in [7, 11) is 0. The van der Waals surface area contributed by atoms with E-state index < -0.39 is 0 Å². The molecule has 0 saturated carbocycles. The molecule has 5 heteroatoms. The summed E-state index contributed by atoms with van der Waals surface area (Å²) in [5.41, 5.74) is 1.57. The van der Waals surface area contributed by atoms with Gasteiger partial charge in [0.2, 0.25) is 0 Å². The molecular weight excluding hydrogens is 219 g/mol. The molecule has 2 aromatic heterocycles. The van der Waals surface area contributed by atoms with Crippen LogP contribution in [-0.2, 0) is 0 Å². The monoisotopic (exact) mass is 232 g/mol. The summed E-state index contributed by atoms with van der Waals surface area (Å²) in [6.07, 6.45) is 7.36. The first-order valence-corrected chi connectivity index (χ1v) is 5.69. The van der Waals surface area contributed by atoms with Crippen molar-refractivity contribution >= 4 is 0 Å². The Bertz CT molecular complexity index is 517. The molecule has 1 atom stereocenters. The molecule has 1 saturated heterocycles. The van der Waals surface area contributed by atoms with Gasteiger partial charge in [-0.2, -0.15) is 0 Å². The van der Waals surface area contributed by atoms with Gasteiger partial charge in [-0.05, 0) is 19.0 Å². The summed E-state index contributed by atoms with van der Waals surface area (Å²) in [6.45, 7) is 1.94. The van der Waals surface area contributed by atoms with Crippen LogP contribution < -0.4 is 5.32 Å². The summed E-state index contributed by atoms with van der Waals surface area (Å²) in [5, 5.41) is 3.31. The largest absolute Gasteiger partial charge is 0.316 e. The maximum absolute atomic E-state index is 13.7. The van der Waals surface area contributed by atoms with E-state index in [2.05, 4.69) is 15.3 Å². The van der Waals surface area contributed by atoms with Crippen LogP contribution in [0, 0.1) is 5.82 Å². The maximum Gasteiger partial charge on any atom is 0.165 e. The average molecular weight is 232 g/mol. The van der Waals surface area contributed by atoms with Crippen molar-refractivity contribution in [3.8, 4) is 5.69 Å². The second kappa shape index (κ2) is 4.25. The van der Waals surface area contributed by atoms with Gasteiger partial charge in [-0.1, -0.05) is 0 Å². The van der Waals surface area contributed by atoms with Gasteiger partial charge in [0.15, 0.2) is 5.82 Å². The third kappa shape index (κ3) is 1.82. The zero-order chi connectivity index (χ0) is 11.7. The molecule has 0 bridgehead atoms. The maximum atomic E-state index is 13.7. The van der Waals surface area contributed by atoms with Crippen LogP contribution in [0.4, 0.5) is 4.39 Å². The van der Waals surface area contributed by atoms with E-state index in [9.17, 15) is 4.39 Å². The number of nitrogens with zero attached hydrogens (tertiary/aromatic N) is 3. The van der Waals surface area contributed by atoms with Gasteiger partial charge in [-0.15, -0.1) is 0 Å². The van der Waals surface area contributed by atoms with Crippen LogP contribution in [0.15, 0.2) is 31.0 Å². The van der Waals surface area contributed by atoms with Crippen LogP contribution in [0.1, 0.15) is 18.0 Å². The minimum Gasteiger partial charge on any atom is -0.316 e. The van der Waals surface area contributed by atoms with Crippen LogP contribution in [0.25, 0.3) is 5.69 Å². The molecule has 2 aromatic rings. The van der Waals surface area contributed by atoms with Crippen molar-refractivity contribution in [2.45, 2.75) is 12.3 Å². The number of hydrogen-bond donors (Lipinski definition) is 1. The van der Waals surface area contributed by atoms with Crippen LogP contribution in [0.3, 0.4) is 0 Å². The lowest BCUT2D eigenvalue weighted by Gasteiger charge is -2.12. The molecule has 0 aliphatic carbocycles. The fraction of sp³-hybridized carbons (Fsp3) is 0.333. The third-order valence-electron chi connectivity index (χ3n) is 3.16. The molecule has 3 rings (SSSR count). The molecule has 1 unspecified atom stereocenters. The van der Waals surface area contributed by atoms with Crippen molar-refractivity contribution in [1.82, 2.24) is 19.9 Å². The highest BCUT2D eigenvalue weighted by molar-refractivity contribution is 5.34. The fourth-order valence-electron chi connectivity index (χ4n) is 2.28. The van der Waals surface area contributed by atoms with Gasteiger partial charge >= 0.3 is 0 Å². The summed E-state index contributed by atoms with van der Waals surface area (Å²) in [4.78, 5) is 7.89. The molecule has 1 fully saturated rings. The Labute approximate surface area is 98.5 Å². The van der Waals surface area contributed by atoms with Gasteiger partial charge in [0.25, 0.3) is 0 Å². The van der Waals surface area contributed by atoms with Crippen molar-refractivity contribution < 1.29 is 4.39 Å². The number of rotatable bonds is 2. The van der Waals surface area contributed by atoms with E-state index in [0.717, 1.165) is 25.2 Å². The summed E-state index contributed by atoms with van der Waals surface area (Å²) >= 11 is 0. The summed E-state index contributed by atoms with van der Waals surface area (Å²) in [5.74, 6) is 0.0859. The molecule has 3 heterocycles. The molecule has 17 heavy (non-hydrogen) atoms. The number of pyridine rings is 1. The highest BCUT2D eigenvalue weighted by atomic mass is 19.1. The second-order valence-electron chi connectivity index (χ2n) is 4.21. The van der Waals surface area contributed by atoms with Crippen LogP contribution in [-0.4, -0.2) is 27.6 Å². The fourth-order valence-corrected chi connectivity index (χ4v) is 2.28. The smallest absolute Gasteiger partial charge is 0.165 e. The Balaban J connectivity index is 2.04. The van der Waals surface area contributed by atoms with Crippen LogP contribution >= 0.6 is 0 Å². The number of halogens is 1. The SMILES string of the molecule is Fc1cnccc1-n1cncc1C1CCNC1. The molecule has 1 N–H and O–H groups in total. The Morgan fingerprint density at radius 3 is 3.06 bits per heavy atom. The molecule has 1 aliphatic heterocycles. The highest BCUT2D eigenvalue weighted by Gasteiger charge is 2.21. The zero-order valence-electron chi connectivity index (χ0n) is 9.31. The Morgan fingerprint density at radius 1 is 1.35 bits per heavy atom. The standard InChI is InChI=1S/C12H13FN4/c13-10-6-15-4-2-11(10)17-8-16-7-12(17)9-1-3-14-5-9/h2,4,6-9,14H,1,3,5H2. The zero-order valence-corrected chi connectivity index (χ0v) is 9.31. The average Bonchev–Trinajstić information content (AvgIpc) is 3.00. The molecule has 0 amide bonds. The number of aromatic nitrogens is 3. The van der Waals surface area contributed by atoms with E-state index in [1.165, 1.54) is 6.20 Å². The third-order valence-corrected chi connectivity index (χ3v) is 3.16. The van der Waals surface area contributed by atoms with E-state index in [4.69, 9.17) is 0 Å². The Morgan fingerprint density at radius 2 is 2.29 bits per heavy atom. The lowest BCUT2D eigenvalue weighted by atomic mass is 10.1. The molecule has 0 spiro atoms. The van der Waals surface area contributed by atoms with E-state index >= 15 is 0 Å².